The molecule has 3 aromatic rings. The van der Waals surface area contributed by atoms with Gasteiger partial charge in [-0.3, -0.25) is 9.59 Å². The second kappa shape index (κ2) is 9.16. The lowest BCUT2D eigenvalue weighted by Crippen LogP contribution is -2.32. The monoisotopic (exact) mass is 530 g/mol. The van der Waals surface area contributed by atoms with Crippen molar-refractivity contribution in [2.24, 2.45) is 0 Å². The number of hydrogen-bond acceptors (Lipinski definition) is 5. The minimum Gasteiger partial charge on any atom is -0.423 e. The van der Waals surface area contributed by atoms with Crippen molar-refractivity contribution in [3.63, 3.8) is 0 Å². The van der Waals surface area contributed by atoms with E-state index in [0.29, 0.717) is 27.7 Å². The average molecular weight is 532 g/mol. The van der Waals surface area contributed by atoms with Crippen LogP contribution in [0.15, 0.2) is 88.0 Å². The van der Waals surface area contributed by atoms with E-state index >= 15 is 0 Å². The maximum absolute atomic E-state index is 12.8. The van der Waals surface area contributed by atoms with Gasteiger partial charge >= 0.3 is 5.97 Å². The molecule has 0 atom stereocenters. The van der Waals surface area contributed by atoms with Gasteiger partial charge in [0.05, 0.1) is 11.3 Å². The number of rotatable bonds is 5. The lowest BCUT2D eigenvalue weighted by Gasteiger charge is -2.15. The number of imide groups is 1. The molecule has 0 spiro atoms. The minimum atomic E-state index is -0.622. The quantitative estimate of drug-likeness (QED) is 0.257. The summed E-state index contributed by atoms with van der Waals surface area (Å²) in [4.78, 5) is 38.7. The number of nitrogens with one attached hydrogen (secondary N) is 1. The van der Waals surface area contributed by atoms with E-state index in [2.05, 4.69) is 21.2 Å². The van der Waals surface area contributed by atoms with Gasteiger partial charge in [0.25, 0.3) is 11.8 Å². The predicted octanol–water partition coefficient (Wildman–Crippen LogP) is 5.76. The second-order valence-electron chi connectivity index (χ2n) is 6.66. The number of ether oxygens (including phenoxy) is 1. The molecule has 2 amide bonds. The highest BCUT2D eigenvalue weighted by atomic mass is 79.9. The van der Waals surface area contributed by atoms with Crippen LogP contribution in [0.4, 0.5) is 11.4 Å². The first-order valence-corrected chi connectivity index (χ1v) is 10.8. The van der Waals surface area contributed by atoms with Gasteiger partial charge in [0.1, 0.15) is 16.5 Å². The van der Waals surface area contributed by atoms with Crippen LogP contribution < -0.4 is 15.0 Å². The summed E-state index contributed by atoms with van der Waals surface area (Å²) in [6, 6.07) is 19.4. The molecule has 4 rings (SSSR count). The molecule has 160 valence electrons. The van der Waals surface area contributed by atoms with Crippen LogP contribution in [-0.2, 0) is 9.59 Å². The second-order valence-corrected chi connectivity index (χ2v) is 8.39. The fourth-order valence-corrected chi connectivity index (χ4v) is 3.62. The van der Waals surface area contributed by atoms with Crippen molar-refractivity contribution in [1.29, 1.82) is 0 Å². The highest BCUT2D eigenvalue weighted by Crippen LogP contribution is 2.31. The molecular weight excluding hydrogens is 519 g/mol. The first-order chi connectivity index (χ1) is 15.3. The molecule has 0 aromatic heterocycles. The van der Waals surface area contributed by atoms with Crippen LogP contribution in [0.2, 0.25) is 5.02 Å². The molecule has 1 aliphatic rings. The molecule has 1 aliphatic heterocycles. The van der Waals surface area contributed by atoms with Gasteiger partial charge in [-0.25, -0.2) is 9.69 Å². The van der Waals surface area contributed by atoms with E-state index in [1.165, 1.54) is 18.2 Å². The zero-order valence-electron chi connectivity index (χ0n) is 16.1. The summed E-state index contributed by atoms with van der Waals surface area (Å²) in [5.74, 6) is -1.44. The van der Waals surface area contributed by atoms with Gasteiger partial charge in [-0.05, 0) is 66.7 Å². The van der Waals surface area contributed by atoms with Gasteiger partial charge in [0.2, 0.25) is 0 Å². The van der Waals surface area contributed by atoms with Gasteiger partial charge in [0.15, 0.2) is 0 Å². The van der Waals surface area contributed by atoms with E-state index in [-0.39, 0.29) is 10.7 Å². The Morgan fingerprint density at radius 1 is 0.906 bits per heavy atom. The Hall–Kier alpha value is -3.13. The molecular formula is C23H13BrCl2N2O4. The fraction of sp³-hybridized carbons (Fsp3) is 0. The Morgan fingerprint density at radius 2 is 1.59 bits per heavy atom. The molecule has 6 nitrogen and oxygen atoms in total. The number of nitrogens with zero attached hydrogens (tertiary/aromatic N) is 1. The highest BCUT2D eigenvalue weighted by molar-refractivity contribution is 9.10. The normalized spacial score (nSPS) is 13.5. The molecule has 0 saturated carbocycles. The van der Waals surface area contributed by atoms with Crippen LogP contribution in [0, 0.1) is 0 Å². The third-order valence-electron chi connectivity index (χ3n) is 4.51. The molecule has 1 N–H and O–H groups in total. The number of esters is 1. The third-order valence-corrected chi connectivity index (χ3v) is 5.62. The van der Waals surface area contributed by atoms with Crippen molar-refractivity contribution >= 4 is 68.3 Å². The molecule has 3 aromatic carbocycles. The lowest BCUT2D eigenvalue weighted by molar-refractivity contribution is -0.120. The van der Waals surface area contributed by atoms with E-state index in [0.717, 1.165) is 9.37 Å². The van der Waals surface area contributed by atoms with Crippen molar-refractivity contribution in [3.05, 3.63) is 98.6 Å². The van der Waals surface area contributed by atoms with Crippen LogP contribution in [0.5, 0.6) is 5.75 Å². The van der Waals surface area contributed by atoms with E-state index < -0.39 is 17.8 Å². The maximum atomic E-state index is 12.8. The van der Waals surface area contributed by atoms with E-state index in [4.69, 9.17) is 27.9 Å². The molecule has 0 radical (unpaired) electrons. The van der Waals surface area contributed by atoms with Gasteiger partial charge in [-0.1, -0.05) is 45.2 Å². The number of amides is 2. The Bertz CT molecular complexity index is 1260. The first kappa shape index (κ1) is 22.1. The summed E-state index contributed by atoms with van der Waals surface area (Å²) < 4.78 is 6.10. The van der Waals surface area contributed by atoms with Gasteiger partial charge < -0.3 is 10.1 Å². The van der Waals surface area contributed by atoms with Crippen molar-refractivity contribution in [1.82, 2.24) is 0 Å². The van der Waals surface area contributed by atoms with Crippen molar-refractivity contribution in [2.45, 2.75) is 0 Å². The Balaban J connectivity index is 1.48. The number of hydrogen-bond donors (Lipinski definition) is 1. The Labute approximate surface area is 201 Å². The number of carbonyl (C=O) groups excluding carboxylic acids is 3. The van der Waals surface area contributed by atoms with Crippen molar-refractivity contribution in [3.8, 4) is 5.75 Å². The number of benzene rings is 3. The predicted molar refractivity (Wildman–Crippen MR) is 126 cm³/mol. The van der Waals surface area contributed by atoms with Crippen molar-refractivity contribution in [2.75, 3.05) is 10.2 Å². The zero-order chi connectivity index (χ0) is 22.8. The third kappa shape index (κ3) is 4.55. The van der Waals surface area contributed by atoms with E-state index in [1.54, 1.807) is 54.6 Å². The largest absolute Gasteiger partial charge is 0.423 e. The molecule has 1 heterocycles. The summed E-state index contributed by atoms with van der Waals surface area (Å²) in [5.41, 5.74) is 1.11. The maximum Gasteiger partial charge on any atom is 0.343 e. The number of anilines is 2. The van der Waals surface area contributed by atoms with Crippen LogP contribution in [0.3, 0.4) is 0 Å². The zero-order valence-corrected chi connectivity index (χ0v) is 19.2. The summed E-state index contributed by atoms with van der Waals surface area (Å²) in [6.45, 7) is 0. The fourth-order valence-electron chi connectivity index (χ4n) is 2.97. The summed E-state index contributed by atoms with van der Waals surface area (Å²) in [6.07, 6.45) is 0. The molecule has 0 saturated heterocycles. The molecule has 0 aliphatic carbocycles. The molecule has 32 heavy (non-hydrogen) atoms. The number of carbonyl (C=O) groups is 3. The summed E-state index contributed by atoms with van der Waals surface area (Å²) >= 11 is 15.4. The van der Waals surface area contributed by atoms with Crippen molar-refractivity contribution < 1.29 is 19.1 Å². The smallest absolute Gasteiger partial charge is 0.343 e. The highest BCUT2D eigenvalue weighted by Gasteiger charge is 2.38. The van der Waals surface area contributed by atoms with E-state index in [1.807, 2.05) is 0 Å². The van der Waals surface area contributed by atoms with Crippen LogP contribution in [-0.4, -0.2) is 17.8 Å². The standard InChI is InChI=1S/C23H13BrCl2N2O4/c24-14-6-10-17(11-7-14)28-21(29)19(26)20(22(28)30)27-16-8-4-13(5-9-16)23(31)32-18-3-1-2-15(25)12-18/h1-12,27H. The Morgan fingerprint density at radius 3 is 2.25 bits per heavy atom. The molecule has 9 heteroatoms. The van der Waals surface area contributed by atoms with E-state index in [9.17, 15) is 14.4 Å². The van der Waals surface area contributed by atoms with Gasteiger partial charge in [-0.2, -0.15) is 0 Å². The van der Waals surface area contributed by atoms with Crippen LogP contribution in [0.25, 0.3) is 0 Å². The lowest BCUT2D eigenvalue weighted by atomic mass is 10.2. The molecule has 0 bridgehead atoms. The average Bonchev–Trinajstić information content (AvgIpc) is 2.98. The summed E-state index contributed by atoms with van der Waals surface area (Å²) in [7, 11) is 0. The minimum absolute atomic E-state index is 0.0474. The van der Waals surface area contributed by atoms with Crippen LogP contribution >= 0.6 is 39.1 Å². The SMILES string of the molecule is O=C(Oc1cccc(Cl)c1)c1ccc(NC2=C(Cl)C(=O)N(c3ccc(Br)cc3)C2=O)cc1. The Kier molecular flexibility index (Phi) is 6.32. The summed E-state index contributed by atoms with van der Waals surface area (Å²) in [5, 5.41) is 3.09. The first-order valence-electron chi connectivity index (χ1n) is 9.22. The molecule has 0 fully saturated rings. The van der Waals surface area contributed by atoms with Crippen LogP contribution in [0.1, 0.15) is 10.4 Å². The topological polar surface area (TPSA) is 75.7 Å². The number of halogens is 3. The van der Waals surface area contributed by atoms with Gasteiger partial charge in [-0.15, -0.1) is 0 Å². The molecule has 0 unspecified atom stereocenters. The van der Waals surface area contributed by atoms with Gasteiger partial charge in [0, 0.05) is 15.2 Å².